The van der Waals surface area contributed by atoms with Crippen LogP contribution in [-0.2, 0) is 11.3 Å². The molecule has 0 aliphatic rings. The van der Waals surface area contributed by atoms with Crippen molar-refractivity contribution in [3.63, 3.8) is 0 Å². The number of ether oxygens (including phenoxy) is 4. The minimum atomic E-state index is 0.614. The van der Waals surface area contributed by atoms with E-state index in [1.165, 1.54) is 0 Å². The second-order valence-electron chi connectivity index (χ2n) is 4.66. The van der Waals surface area contributed by atoms with E-state index in [1.54, 1.807) is 21.3 Å². The average molecular weight is 297 g/mol. The van der Waals surface area contributed by atoms with Gasteiger partial charge in [-0.3, -0.25) is 0 Å². The summed E-state index contributed by atoms with van der Waals surface area (Å²) < 4.78 is 21.7. The van der Waals surface area contributed by atoms with Crippen LogP contribution in [0.3, 0.4) is 0 Å². The van der Waals surface area contributed by atoms with Crippen molar-refractivity contribution in [2.75, 3.05) is 41.1 Å². The zero-order valence-corrected chi connectivity index (χ0v) is 13.5. The van der Waals surface area contributed by atoms with Gasteiger partial charge in [-0.2, -0.15) is 0 Å². The molecule has 21 heavy (non-hydrogen) atoms. The Morgan fingerprint density at radius 1 is 0.952 bits per heavy atom. The average Bonchev–Trinajstić information content (AvgIpc) is 2.52. The van der Waals surface area contributed by atoms with Gasteiger partial charge in [0, 0.05) is 20.3 Å². The summed E-state index contributed by atoms with van der Waals surface area (Å²) in [5.41, 5.74) is 1.11. The van der Waals surface area contributed by atoms with Crippen molar-refractivity contribution in [1.29, 1.82) is 0 Å². The maximum atomic E-state index is 5.83. The Hall–Kier alpha value is -1.46. The van der Waals surface area contributed by atoms with E-state index in [1.807, 2.05) is 12.1 Å². The first-order chi connectivity index (χ1) is 10.3. The fourth-order valence-corrected chi connectivity index (χ4v) is 1.97. The maximum Gasteiger partial charge on any atom is 0.203 e. The van der Waals surface area contributed by atoms with Gasteiger partial charge in [-0.05, 0) is 37.1 Å². The van der Waals surface area contributed by atoms with Gasteiger partial charge < -0.3 is 24.3 Å². The summed E-state index contributed by atoms with van der Waals surface area (Å²) >= 11 is 0. The molecule has 0 radical (unpaired) electrons. The van der Waals surface area contributed by atoms with Gasteiger partial charge in [0.2, 0.25) is 5.75 Å². The third-order valence-electron chi connectivity index (χ3n) is 3.09. The van der Waals surface area contributed by atoms with Crippen molar-refractivity contribution in [2.45, 2.75) is 26.3 Å². The number of rotatable bonds is 11. The van der Waals surface area contributed by atoms with Crippen LogP contribution in [0.2, 0.25) is 0 Å². The zero-order chi connectivity index (χ0) is 15.5. The Morgan fingerprint density at radius 3 is 2.10 bits per heavy atom. The predicted octanol–water partition coefficient (Wildman–Crippen LogP) is 2.62. The lowest BCUT2D eigenvalue weighted by atomic mass is 10.1. The minimum absolute atomic E-state index is 0.614. The molecule has 0 heterocycles. The largest absolute Gasteiger partial charge is 0.493 e. The first kappa shape index (κ1) is 17.6. The molecule has 5 heteroatoms. The van der Waals surface area contributed by atoms with E-state index in [9.17, 15) is 0 Å². The number of hydrogen-bond donors (Lipinski definition) is 1. The molecule has 1 aromatic rings. The molecule has 120 valence electrons. The van der Waals surface area contributed by atoms with E-state index in [4.69, 9.17) is 18.9 Å². The van der Waals surface area contributed by atoms with Crippen molar-refractivity contribution in [3.8, 4) is 17.2 Å². The standard InChI is InChI=1S/C16H27NO4/c1-5-17-12-13-10-14(19-3)16(15(11-13)20-4)21-9-7-6-8-18-2/h10-11,17H,5-9,12H2,1-4H3. The van der Waals surface area contributed by atoms with Crippen LogP contribution in [0.1, 0.15) is 25.3 Å². The monoisotopic (exact) mass is 297 g/mol. The first-order valence-electron chi connectivity index (χ1n) is 7.34. The van der Waals surface area contributed by atoms with Crippen molar-refractivity contribution in [1.82, 2.24) is 5.32 Å². The Labute approximate surface area is 127 Å². The lowest BCUT2D eigenvalue weighted by molar-refractivity contribution is 0.182. The molecule has 0 atom stereocenters. The molecule has 0 saturated heterocycles. The molecule has 1 N–H and O–H groups in total. The van der Waals surface area contributed by atoms with Crippen LogP contribution in [0.5, 0.6) is 17.2 Å². The third kappa shape index (κ3) is 5.81. The van der Waals surface area contributed by atoms with Crippen LogP contribution in [-0.4, -0.2) is 41.1 Å². The Balaban J connectivity index is 2.75. The molecule has 0 spiro atoms. The molecular formula is C16H27NO4. The second kappa shape index (κ2) is 10.3. The SMILES string of the molecule is CCNCc1cc(OC)c(OCCCCOC)c(OC)c1. The molecule has 0 aliphatic carbocycles. The Kier molecular flexibility index (Phi) is 8.62. The molecule has 1 aromatic carbocycles. The van der Waals surface area contributed by atoms with E-state index in [-0.39, 0.29) is 0 Å². The molecule has 0 amide bonds. The summed E-state index contributed by atoms with van der Waals surface area (Å²) in [6.07, 6.45) is 1.90. The summed E-state index contributed by atoms with van der Waals surface area (Å²) in [6, 6.07) is 3.96. The Bertz CT molecular complexity index is 384. The number of nitrogens with one attached hydrogen (secondary N) is 1. The van der Waals surface area contributed by atoms with Gasteiger partial charge in [0.25, 0.3) is 0 Å². The van der Waals surface area contributed by atoms with Crippen molar-refractivity contribution < 1.29 is 18.9 Å². The number of methoxy groups -OCH3 is 3. The number of unbranched alkanes of at least 4 members (excludes halogenated alkanes) is 1. The fraction of sp³-hybridized carbons (Fsp3) is 0.625. The normalized spacial score (nSPS) is 10.5. The van der Waals surface area contributed by atoms with Crippen LogP contribution in [0.15, 0.2) is 12.1 Å². The predicted molar refractivity (Wildman–Crippen MR) is 83.5 cm³/mol. The Morgan fingerprint density at radius 2 is 1.57 bits per heavy atom. The van der Waals surface area contributed by atoms with Crippen LogP contribution in [0.25, 0.3) is 0 Å². The van der Waals surface area contributed by atoms with E-state index in [2.05, 4.69) is 12.2 Å². The van der Waals surface area contributed by atoms with E-state index in [0.717, 1.165) is 38.1 Å². The molecule has 1 rings (SSSR count). The highest BCUT2D eigenvalue weighted by molar-refractivity contribution is 5.53. The van der Waals surface area contributed by atoms with Crippen LogP contribution >= 0.6 is 0 Å². The molecule has 0 bridgehead atoms. The topological polar surface area (TPSA) is 49.0 Å². The maximum absolute atomic E-state index is 5.83. The van der Waals surface area contributed by atoms with E-state index >= 15 is 0 Å². The number of benzene rings is 1. The lowest BCUT2D eigenvalue weighted by Gasteiger charge is -2.16. The molecule has 5 nitrogen and oxygen atoms in total. The summed E-state index contributed by atoms with van der Waals surface area (Å²) in [6.45, 7) is 5.13. The van der Waals surface area contributed by atoms with Gasteiger partial charge in [-0.15, -0.1) is 0 Å². The van der Waals surface area contributed by atoms with E-state index < -0.39 is 0 Å². The summed E-state index contributed by atoms with van der Waals surface area (Å²) in [5.74, 6) is 2.07. The third-order valence-corrected chi connectivity index (χ3v) is 3.09. The second-order valence-corrected chi connectivity index (χ2v) is 4.66. The molecular weight excluding hydrogens is 270 g/mol. The van der Waals surface area contributed by atoms with Gasteiger partial charge >= 0.3 is 0 Å². The van der Waals surface area contributed by atoms with Gasteiger partial charge in [-0.25, -0.2) is 0 Å². The lowest BCUT2D eigenvalue weighted by Crippen LogP contribution is -2.12. The van der Waals surface area contributed by atoms with Crippen LogP contribution < -0.4 is 19.5 Å². The summed E-state index contributed by atoms with van der Waals surface area (Å²) in [7, 11) is 4.99. The highest BCUT2D eigenvalue weighted by atomic mass is 16.5. The highest BCUT2D eigenvalue weighted by Crippen LogP contribution is 2.38. The molecule has 0 aliphatic heterocycles. The first-order valence-corrected chi connectivity index (χ1v) is 7.34. The van der Waals surface area contributed by atoms with Crippen molar-refractivity contribution in [3.05, 3.63) is 17.7 Å². The van der Waals surface area contributed by atoms with Crippen LogP contribution in [0, 0.1) is 0 Å². The molecule has 0 fully saturated rings. The smallest absolute Gasteiger partial charge is 0.203 e. The van der Waals surface area contributed by atoms with Crippen molar-refractivity contribution in [2.24, 2.45) is 0 Å². The zero-order valence-electron chi connectivity index (χ0n) is 13.5. The van der Waals surface area contributed by atoms with Gasteiger partial charge in [-0.1, -0.05) is 6.92 Å². The molecule has 0 saturated carbocycles. The molecule has 0 unspecified atom stereocenters. The van der Waals surface area contributed by atoms with Gasteiger partial charge in [0.15, 0.2) is 11.5 Å². The summed E-state index contributed by atoms with van der Waals surface area (Å²) in [5, 5.41) is 3.29. The van der Waals surface area contributed by atoms with Gasteiger partial charge in [0.1, 0.15) is 0 Å². The fourth-order valence-electron chi connectivity index (χ4n) is 1.97. The molecule has 0 aromatic heterocycles. The van der Waals surface area contributed by atoms with E-state index in [0.29, 0.717) is 23.9 Å². The van der Waals surface area contributed by atoms with Gasteiger partial charge in [0.05, 0.1) is 20.8 Å². The summed E-state index contributed by atoms with van der Waals surface area (Å²) in [4.78, 5) is 0. The minimum Gasteiger partial charge on any atom is -0.493 e. The highest BCUT2D eigenvalue weighted by Gasteiger charge is 2.14. The number of hydrogen-bond acceptors (Lipinski definition) is 5. The van der Waals surface area contributed by atoms with Crippen LogP contribution in [0.4, 0.5) is 0 Å². The quantitative estimate of drug-likeness (QED) is 0.636. The van der Waals surface area contributed by atoms with Crippen molar-refractivity contribution >= 4 is 0 Å².